The van der Waals surface area contributed by atoms with Gasteiger partial charge in [0.25, 0.3) is 5.91 Å². The number of aliphatic hydroxyl groups is 1. The Labute approximate surface area is 214 Å². The minimum absolute atomic E-state index is 0.100. The Kier molecular flexibility index (Phi) is 13.3. The quantitative estimate of drug-likeness (QED) is 0.325. The van der Waals surface area contributed by atoms with E-state index in [4.69, 9.17) is 14.3 Å². The number of rotatable bonds is 6. The third kappa shape index (κ3) is 7.74. The predicted molar refractivity (Wildman–Crippen MR) is 135 cm³/mol. The summed E-state index contributed by atoms with van der Waals surface area (Å²) in [6.07, 6.45) is 1.73. The number of aliphatic hydroxyl groups excluding tert-OH is 1. The van der Waals surface area contributed by atoms with Crippen LogP contribution in [0, 0.1) is 17.3 Å². The van der Waals surface area contributed by atoms with E-state index in [9.17, 15) is 24.3 Å². The summed E-state index contributed by atoms with van der Waals surface area (Å²) in [4.78, 5) is 58.5. The van der Waals surface area contributed by atoms with Gasteiger partial charge < -0.3 is 19.4 Å². The Balaban J connectivity index is 0.000000621. The zero-order valence-electron chi connectivity index (χ0n) is 22.9. The standard InChI is InChI=1S/C13H21NO4.C11H17NO3.C2H4O/c1-6-13(5,9(4)15)11(16)14-10(8(2)3)7-18-12(14)17;1-5-8(4)10(13)12-9(7(2)3)6-15-11(12)14;1-2-3/h6,8-10,15H,1,7H2,2-5H3;5,7,9H,6H2,1-4H3;2H,1H3/b;8-5+;/t9?,10-,13?;9-;/m11./s1. The maximum Gasteiger partial charge on any atom is 0.417 e. The molecule has 2 aliphatic rings. The van der Waals surface area contributed by atoms with Crippen molar-refractivity contribution in [1.82, 2.24) is 9.80 Å². The van der Waals surface area contributed by atoms with E-state index < -0.39 is 29.6 Å². The summed E-state index contributed by atoms with van der Waals surface area (Å²) in [5.74, 6) is -0.402. The predicted octanol–water partition coefficient (Wildman–Crippen LogP) is 3.72. The van der Waals surface area contributed by atoms with Crippen LogP contribution in [0.1, 0.15) is 62.3 Å². The van der Waals surface area contributed by atoms with Gasteiger partial charge in [0.15, 0.2) is 0 Å². The van der Waals surface area contributed by atoms with Gasteiger partial charge >= 0.3 is 12.2 Å². The van der Waals surface area contributed by atoms with Crippen LogP contribution in [0.3, 0.4) is 0 Å². The first-order chi connectivity index (χ1) is 16.7. The van der Waals surface area contributed by atoms with E-state index in [1.54, 1.807) is 26.8 Å². The number of carbonyl (C=O) groups excluding carboxylic acids is 5. The molecule has 2 heterocycles. The van der Waals surface area contributed by atoms with Crippen molar-refractivity contribution in [1.29, 1.82) is 0 Å². The number of cyclic esters (lactones) is 2. The molecule has 2 saturated heterocycles. The summed E-state index contributed by atoms with van der Waals surface area (Å²) >= 11 is 0. The average molecular weight is 511 g/mol. The number of amides is 4. The summed E-state index contributed by atoms with van der Waals surface area (Å²) in [7, 11) is 0. The fraction of sp³-hybridized carbons (Fsp3) is 0.654. The van der Waals surface area contributed by atoms with Crippen molar-refractivity contribution in [2.24, 2.45) is 17.3 Å². The number of allylic oxidation sites excluding steroid dienone is 1. The molecule has 4 atom stereocenters. The molecule has 1 N–H and O–H groups in total. The maximum atomic E-state index is 12.5. The van der Waals surface area contributed by atoms with Crippen LogP contribution in [0.2, 0.25) is 0 Å². The highest BCUT2D eigenvalue weighted by Crippen LogP contribution is 2.31. The van der Waals surface area contributed by atoms with Crippen LogP contribution in [-0.4, -0.2) is 76.6 Å². The topological polar surface area (TPSA) is 131 Å². The van der Waals surface area contributed by atoms with Crippen LogP contribution in [0.4, 0.5) is 9.59 Å². The average Bonchev–Trinajstić information content (AvgIpc) is 3.40. The van der Waals surface area contributed by atoms with Crippen LogP contribution in [0.15, 0.2) is 24.3 Å². The second-order valence-corrected chi connectivity index (χ2v) is 9.50. The third-order valence-electron chi connectivity index (χ3n) is 6.31. The van der Waals surface area contributed by atoms with E-state index >= 15 is 0 Å². The van der Waals surface area contributed by atoms with E-state index in [2.05, 4.69) is 6.58 Å². The number of hydrogen-bond acceptors (Lipinski definition) is 8. The molecule has 0 saturated carbocycles. The molecule has 0 aliphatic carbocycles. The second-order valence-electron chi connectivity index (χ2n) is 9.50. The molecule has 204 valence electrons. The first-order valence-corrected chi connectivity index (χ1v) is 12.0. The summed E-state index contributed by atoms with van der Waals surface area (Å²) in [5.41, 5.74) is -0.615. The highest BCUT2D eigenvalue weighted by molar-refractivity contribution is 6.03. The summed E-state index contributed by atoms with van der Waals surface area (Å²) < 4.78 is 9.82. The first-order valence-electron chi connectivity index (χ1n) is 12.0. The van der Waals surface area contributed by atoms with Crippen LogP contribution in [0.25, 0.3) is 0 Å². The lowest BCUT2D eigenvalue weighted by atomic mass is 9.83. The molecule has 2 unspecified atom stereocenters. The SMILES string of the molecule is C/C=C(\C)C(=O)N1C(=O)OC[C@@H]1C(C)C.C=CC(C)(C(=O)N1C(=O)OC[C@@H]1C(C)C)C(C)O.CC=O. The van der Waals surface area contributed by atoms with Crippen molar-refractivity contribution in [3.63, 3.8) is 0 Å². The van der Waals surface area contributed by atoms with Gasteiger partial charge in [-0.05, 0) is 46.5 Å². The van der Waals surface area contributed by atoms with E-state index in [1.165, 1.54) is 24.8 Å². The molecule has 2 rings (SSSR count). The lowest BCUT2D eigenvalue weighted by Crippen LogP contribution is -2.51. The molecule has 10 heteroatoms. The van der Waals surface area contributed by atoms with Gasteiger partial charge in [0.1, 0.15) is 19.5 Å². The number of ether oxygens (including phenoxy) is 2. The van der Waals surface area contributed by atoms with Crippen molar-refractivity contribution in [2.75, 3.05) is 13.2 Å². The molecule has 0 bridgehead atoms. The minimum Gasteiger partial charge on any atom is -0.447 e. The highest BCUT2D eigenvalue weighted by atomic mass is 16.6. The van der Waals surface area contributed by atoms with Crippen molar-refractivity contribution >= 4 is 30.3 Å². The van der Waals surface area contributed by atoms with Crippen LogP contribution in [0.5, 0.6) is 0 Å². The Bertz CT molecular complexity index is 849. The summed E-state index contributed by atoms with van der Waals surface area (Å²) in [5, 5.41) is 9.74. The van der Waals surface area contributed by atoms with E-state index in [0.717, 1.165) is 11.2 Å². The van der Waals surface area contributed by atoms with Gasteiger partial charge in [-0.3, -0.25) is 9.59 Å². The summed E-state index contributed by atoms with van der Waals surface area (Å²) in [6.45, 7) is 19.9. The van der Waals surface area contributed by atoms with Gasteiger partial charge in [-0.1, -0.05) is 39.8 Å². The van der Waals surface area contributed by atoms with Gasteiger partial charge in [-0.2, -0.15) is 0 Å². The van der Waals surface area contributed by atoms with Gasteiger partial charge in [0, 0.05) is 5.57 Å². The zero-order chi connectivity index (χ0) is 28.4. The van der Waals surface area contributed by atoms with Gasteiger partial charge in [-0.25, -0.2) is 19.4 Å². The van der Waals surface area contributed by atoms with E-state index in [-0.39, 0.29) is 36.4 Å². The largest absolute Gasteiger partial charge is 0.447 e. The van der Waals surface area contributed by atoms with Gasteiger partial charge in [0.05, 0.1) is 23.6 Å². The molecular weight excluding hydrogens is 468 g/mol. The maximum absolute atomic E-state index is 12.5. The Morgan fingerprint density at radius 1 is 1.00 bits per heavy atom. The monoisotopic (exact) mass is 510 g/mol. The minimum atomic E-state index is -1.18. The van der Waals surface area contributed by atoms with Crippen molar-refractivity contribution in [3.8, 4) is 0 Å². The molecule has 10 nitrogen and oxygen atoms in total. The molecule has 4 amide bonds. The third-order valence-corrected chi connectivity index (χ3v) is 6.31. The molecule has 0 aromatic heterocycles. The molecule has 0 aromatic rings. The molecule has 0 spiro atoms. The lowest BCUT2D eigenvalue weighted by Gasteiger charge is -2.33. The lowest BCUT2D eigenvalue weighted by molar-refractivity contribution is -0.141. The molecular formula is C26H42N2O8. The summed E-state index contributed by atoms with van der Waals surface area (Å²) in [6, 6.07) is -0.428. The normalized spacial score (nSPS) is 21.9. The second kappa shape index (κ2) is 14.5. The highest BCUT2D eigenvalue weighted by Gasteiger charge is 2.47. The molecule has 36 heavy (non-hydrogen) atoms. The van der Waals surface area contributed by atoms with Gasteiger partial charge in [-0.15, -0.1) is 6.58 Å². The zero-order valence-corrected chi connectivity index (χ0v) is 22.9. The molecule has 0 aromatic carbocycles. The van der Waals surface area contributed by atoms with E-state index in [0.29, 0.717) is 12.2 Å². The first kappa shape index (κ1) is 33.0. The van der Waals surface area contributed by atoms with Crippen LogP contribution < -0.4 is 0 Å². The number of hydrogen-bond donors (Lipinski definition) is 1. The molecule has 2 fully saturated rings. The Morgan fingerprint density at radius 3 is 1.72 bits per heavy atom. The fourth-order valence-corrected chi connectivity index (χ4v) is 3.33. The number of aldehydes is 1. The van der Waals surface area contributed by atoms with Gasteiger partial charge in [0.2, 0.25) is 5.91 Å². The van der Waals surface area contributed by atoms with Crippen molar-refractivity contribution in [3.05, 3.63) is 24.3 Å². The fourth-order valence-electron chi connectivity index (χ4n) is 3.33. The van der Waals surface area contributed by atoms with Crippen LogP contribution in [-0.2, 0) is 23.9 Å². The molecule has 0 radical (unpaired) electrons. The molecule has 2 aliphatic heterocycles. The Hall–Kier alpha value is -3.01. The van der Waals surface area contributed by atoms with E-state index in [1.807, 2.05) is 27.7 Å². The number of imide groups is 2. The van der Waals surface area contributed by atoms with Crippen LogP contribution >= 0.6 is 0 Å². The number of carbonyl (C=O) groups is 5. The van der Waals surface area contributed by atoms with Crippen molar-refractivity contribution in [2.45, 2.75) is 80.5 Å². The Morgan fingerprint density at radius 2 is 1.39 bits per heavy atom. The van der Waals surface area contributed by atoms with Crippen molar-refractivity contribution < 1.29 is 38.6 Å². The smallest absolute Gasteiger partial charge is 0.417 e. The number of nitrogens with zero attached hydrogens (tertiary/aromatic N) is 2.